The van der Waals surface area contributed by atoms with Gasteiger partial charge in [-0.1, -0.05) is 48.0 Å². The van der Waals surface area contributed by atoms with E-state index in [-0.39, 0.29) is 10.2 Å². The van der Waals surface area contributed by atoms with E-state index in [1.807, 2.05) is 39.8 Å². The summed E-state index contributed by atoms with van der Waals surface area (Å²) >= 11 is 8.16. The Morgan fingerprint density at radius 1 is 1.40 bits per heavy atom. The number of hydrogen-bond acceptors (Lipinski definition) is 5. The van der Waals surface area contributed by atoms with E-state index >= 15 is 0 Å². The maximum absolute atomic E-state index is 10.0. The molecule has 2 heterocycles. The van der Waals surface area contributed by atoms with Crippen LogP contribution < -0.4 is 4.52 Å². The Morgan fingerprint density at radius 3 is 2.76 bits per heavy atom. The summed E-state index contributed by atoms with van der Waals surface area (Å²) in [5.41, 5.74) is 0.391. The highest BCUT2D eigenvalue weighted by molar-refractivity contribution is 14.1. The van der Waals surface area contributed by atoms with Gasteiger partial charge in [-0.3, -0.25) is 9.05 Å². The Hall–Kier alpha value is 0.310. The van der Waals surface area contributed by atoms with E-state index in [1.54, 1.807) is 6.07 Å². The quantitative estimate of drug-likeness (QED) is 0.330. The van der Waals surface area contributed by atoms with E-state index in [4.69, 9.17) is 29.9 Å². The first-order chi connectivity index (χ1) is 11.8. The molecule has 25 heavy (non-hydrogen) atoms. The zero-order chi connectivity index (χ0) is 18.6. The second kappa shape index (κ2) is 9.49. The fourth-order valence-corrected chi connectivity index (χ4v) is 4.91. The molecule has 4 atom stereocenters. The molecule has 0 bridgehead atoms. The first-order valence-electron chi connectivity index (χ1n) is 8.38. The van der Waals surface area contributed by atoms with Crippen molar-refractivity contribution < 1.29 is 23.4 Å². The number of fused-ring (bicyclic) bond motifs is 1. The van der Waals surface area contributed by atoms with Crippen molar-refractivity contribution in [2.75, 3.05) is 0 Å². The van der Waals surface area contributed by atoms with Crippen LogP contribution in [0.25, 0.3) is 0 Å². The van der Waals surface area contributed by atoms with Crippen LogP contribution >= 0.6 is 42.8 Å². The summed E-state index contributed by atoms with van der Waals surface area (Å²) < 4.78 is 23.2. The van der Waals surface area contributed by atoms with E-state index in [0.717, 1.165) is 11.3 Å². The lowest BCUT2D eigenvalue weighted by atomic mass is 9.98. The van der Waals surface area contributed by atoms with E-state index in [0.29, 0.717) is 24.5 Å². The molecule has 8 heteroatoms. The van der Waals surface area contributed by atoms with Crippen LogP contribution in [0.1, 0.15) is 46.1 Å². The SMILES string of the molecule is CC.CC(C)(CC1OC(I)C[C@H]1O)OP1OCc2cc(Cl)ccc2O1. The van der Waals surface area contributed by atoms with Crippen LogP contribution in [-0.2, 0) is 20.4 Å². The van der Waals surface area contributed by atoms with Crippen LogP contribution in [0.5, 0.6) is 5.75 Å². The highest BCUT2D eigenvalue weighted by Gasteiger charge is 2.39. The maximum Gasteiger partial charge on any atom is 0.398 e. The lowest BCUT2D eigenvalue weighted by molar-refractivity contribution is -0.0253. The third-order valence-corrected chi connectivity index (χ3v) is 6.08. The average Bonchev–Trinajstić information content (AvgIpc) is 2.86. The van der Waals surface area contributed by atoms with Gasteiger partial charge in [0.15, 0.2) is 0 Å². The van der Waals surface area contributed by atoms with Gasteiger partial charge in [0.25, 0.3) is 0 Å². The molecule has 0 radical (unpaired) electrons. The van der Waals surface area contributed by atoms with Crippen molar-refractivity contribution in [3.05, 3.63) is 28.8 Å². The van der Waals surface area contributed by atoms with E-state index in [2.05, 4.69) is 22.6 Å². The van der Waals surface area contributed by atoms with Gasteiger partial charge in [-0.2, -0.15) is 0 Å². The lowest BCUT2D eigenvalue weighted by Crippen LogP contribution is -2.34. The fourth-order valence-electron chi connectivity index (χ4n) is 2.61. The van der Waals surface area contributed by atoms with Crippen molar-refractivity contribution in [2.45, 2.75) is 69.1 Å². The van der Waals surface area contributed by atoms with Crippen LogP contribution in [0, 0.1) is 0 Å². The molecule has 0 aromatic heterocycles. The molecule has 3 unspecified atom stereocenters. The van der Waals surface area contributed by atoms with E-state index in [1.165, 1.54) is 0 Å². The minimum absolute atomic E-state index is 0.0490. The molecule has 1 fully saturated rings. The van der Waals surface area contributed by atoms with Crippen molar-refractivity contribution >= 4 is 42.8 Å². The molecule has 0 saturated carbocycles. The summed E-state index contributed by atoms with van der Waals surface area (Å²) in [6, 6.07) is 5.45. The first kappa shape index (κ1) is 21.6. The topological polar surface area (TPSA) is 57.2 Å². The average molecular weight is 503 g/mol. The molecule has 0 amide bonds. The molecule has 1 N–H and O–H groups in total. The second-order valence-corrected chi connectivity index (χ2v) is 9.18. The van der Waals surface area contributed by atoms with Gasteiger partial charge in [-0.05, 0) is 32.0 Å². The van der Waals surface area contributed by atoms with Crippen LogP contribution in [-0.4, -0.2) is 27.0 Å². The molecular formula is C17H25ClIO5P. The monoisotopic (exact) mass is 502 g/mol. The predicted octanol–water partition coefficient (Wildman–Crippen LogP) is 5.60. The number of ether oxygens (including phenoxy) is 1. The minimum atomic E-state index is -1.48. The Labute approximate surface area is 169 Å². The van der Waals surface area contributed by atoms with Gasteiger partial charge in [-0.15, -0.1) is 0 Å². The van der Waals surface area contributed by atoms with Crippen LogP contribution in [0.3, 0.4) is 0 Å². The van der Waals surface area contributed by atoms with Crippen molar-refractivity contribution in [1.82, 2.24) is 0 Å². The predicted molar refractivity (Wildman–Crippen MR) is 108 cm³/mol. The fraction of sp³-hybridized carbons (Fsp3) is 0.647. The zero-order valence-electron chi connectivity index (χ0n) is 14.9. The van der Waals surface area contributed by atoms with Gasteiger partial charge in [0.2, 0.25) is 0 Å². The Balaban J connectivity index is 0.00000109. The smallest absolute Gasteiger partial charge is 0.398 e. The number of benzene rings is 1. The normalized spacial score (nSPS) is 28.6. The highest BCUT2D eigenvalue weighted by Crippen LogP contribution is 2.51. The summed E-state index contributed by atoms with van der Waals surface area (Å²) in [6.45, 7) is 8.32. The summed E-state index contributed by atoms with van der Waals surface area (Å²) in [4.78, 5) is 0. The number of halogens is 2. The molecular weight excluding hydrogens is 478 g/mol. The Bertz CT molecular complexity index is 574. The molecule has 1 saturated heterocycles. The molecule has 2 aliphatic heterocycles. The first-order valence-corrected chi connectivity index (χ1v) is 11.1. The number of aliphatic hydroxyl groups is 1. The molecule has 0 aliphatic carbocycles. The van der Waals surface area contributed by atoms with E-state index in [9.17, 15) is 5.11 Å². The maximum atomic E-state index is 10.0. The molecule has 0 spiro atoms. The number of alkyl halides is 1. The second-order valence-electron chi connectivity index (χ2n) is 6.28. The molecule has 1 aromatic carbocycles. The van der Waals surface area contributed by atoms with Crippen molar-refractivity contribution in [2.24, 2.45) is 0 Å². The van der Waals surface area contributed by atoms with Crippen LogP contribution in [0.4, 0.5) is 0 Å². The van der Waals surface area contributed by atoms with Gasteiger partial charge in [-0.25, -0.2) is 0 Å². The minimum Gasteiger partial charge on any atom is -0.426 e. The molecule has 3 rings (SSSR count). The molecule has 1 aromatic rings. The summed E-state index contributed by atoms with van der Waals surface area (Å²) in [6.07, 6.45) is 0.547. The summed E-state index contributed by atoms with van der Waals surface area (Å²) in [5.74, 6) is 0.743. The molecule has 142 valence electrons. The van der Waals surface area contributed by atoms with Gasteiger partial charge in [0.1, 0.15) is 9.86 Å². The Kier molecular flexibility index (Phi) is 8.20. The number of aliphatic hydroxyl groups excluding tert-OH is 1. The van der Waals surface area contributed by atoms with Gasteiger partial charge in [0.05, 0.1) is 24.4 Å². The van der Waals surface area contributed by atoms with Crippen molar-refractivity contribution in [3.8, 4) is 5.75 Å². The van der Waals surface area contributed by atoms with Crippen LogP contribution in [0.2, 0.25) is 5.02 Å². The van der Waals surface area contributed by atoms with Crippen molar-refractivity contribution in [1.29, 1.82) is 0 Å². The standard InChI is InChI=1S/C15H19ClIO5P.C2H6/c1-15(2,7-13-11(18)6-14(17)20-13)22-23-19-8-9-5-10(16)3-4-12(9)21-23;1-2/h3-5,11,13-14,18H,6-8H2,1-2H3;1-2H3/t11-,13?,14?,23?;/m1./s1. The summed E-state index contributed by atoms with van der Waals surface area (Å²) in [5, 5.41) is 10.7. The third-order valence-electron chi connectivity index (χ3n) is 3.71. The van der Waals surface area contributed by atoms with Gasteiger partial charge in [0, 0.05) is 23.4 Å². The summed E-state index contributed by atoms with van der Waals surface area (Å²) in [7, 11) is -1.48. The number of rotatable bonds is 4. The van der Waals surface area contributed by atoms with Gasteiger partial charge < -0.3 is 14.4 Å². The number of hydrogen-bond donors (Lipinski definition) is 1. The van der Waals surface area contributed by atoms with Crippen molar-refractivity contribution in [3.63, 3.8) is 0 Å². The lowest BCUT2D eigenvalue weighted by Gasteiger charge is -2.33. The van der Waals surface area contributed by atoms with E-state index < -0.39 is 20.3 Å². The van der Waals surface area contributed by atoms with Crippen LogP contribution in [0.15, 0.2) is 18.2 Å². The highest BCUT2D eigenvalue weighted by atomic mass is 127. The Morgan fingerprint density at radius 2 is 2.12 bits per heavy atom. The largest absolute Gasteiger partial charge is 0.426 e. The molecule has 2 aliphatic rings. The molecule has 5 nitrogen and oxygen atoms in total. The third kappa shape index (κ3) is 6.16. The van der Waals surface area contributed by atoms with Gasteiger partial charge >= 0.3 is 8.60 Å². The zero-order valence-corrected chi connectivity index (χ0v) is 18.7.